The summed E-state index contributed by atoms with van der Waals surface area (Å²) >= 11 is 1.54. The standard InChI is InChI=1S/C31H41FN4O5S/c1-20-25(42-19-34-20)21-10-11-22(24(17-21)41-16-7-5-6-15-37)18-33-27(38)23-9-8-14-36(23)28(39)26(30(2,3)4)35-29(40)31(32)12-13-31/h10-11,15,17,19,23,26H,5-9,12-14,16,18H2,1-4H3,(H,33,38)(H,35,40)/t23-,26+/m0/s1. The Kier molecular flexibility index (Phi) is 10.0. The fourth-order valence-corrected chi connectivity index (χ4v) is 5.88. The Morgan fingerprint density at radius 3 is 2.67 bits per heavy atom. The van der Waals surface area contributed by atoms with Crippen LogP contribution in [-0.4, -0.2) is 64.8 Å². The molecule has 0 bridgehead atoms. The fourth-order valence-electron chi connectivity index (χ4n) is 5.08. The van der Waals surface area contributed by atoms with Crippen LogP contribution < -0.4 is 15.4 Å². The number of unbranched alkanes of at least 4 members (excludes halogenated alkanes) is 2. The summed E-state index contributed by atoms with van der Waals surface area (Å²) < 4.78 is 20.5. The van der Waals surface area contributed by atoms with E-state index in [2.05, 4.69) is 15.6 Å². The molecular formula is C31H41FN4O5S. The number of thiazole rings is 1. The first-order chi connectivity index (χ1) is 19.9. The molecular weight excluding hydrogens is 559 g/mol. The van der Waals surface area contributed by atoms with Gasteiger partial charge in [0.25, 0.3) is 5.91 Å². The summed E-state index contributed by atoms with van der Waals surface area (Å²) in [6.45, 7) is 8.42. The van der Waals surface area contributed by atoms with Crippen molar-refractivity contribution >= 4 is 35.3 Å². The van der Waals surface area contributed by atoms with Gasteiger partial charge < -0.3 is 25.1 Å². The molecule has 2 aromatic rings. The van der Waals surface area contributed by atoms with Gasteiger partial charge in [0.2, 0.25) is 11.8 Å². The molecule has 1 saturated carbocycles. The number of halogens is 1. The normalized spacial score (nSPS) is 18.3. The van der Waals surface area contributed by atoms with Crippen LogP contribution in [0.1, 0.15) is 77.0 Å². The first-order valence-electron chi connectivity index (χ1n) is 14.6. The largest absolute Gasteiger partial charge is 0.493 e. The van der Waals surface area contributed by atoms with Crippen LogP contribution in [-0.2, 0) is 25.7 Å². The van der Waals surface area contributed by atoms with Crippen LogP contribution in [0, 0.1) is 12.3 Å². The smallest absolute Gasteiger partial charge is 0.258 e. The summed E-state index contributed by atoms with van der Waals surface area (Å²) in [5.74, 6) is -0.780. The van der Waals surface area contributed by atoms with Crippen molar-refractivity contribution in [3.05, 3.63) is 35.0 Å². The molecule has 0 unspecified atom stereocenters. The Balaban J connectivity index is 1.45. The van der Waals surface area contributed by atoms with Crippen molar-refractivity contribution in [1.82, 2.24) is 20.5 Å². The lowest BCUT2D eigenvalue weighted by Crippen LogP contribution is -2.58. The van der Waals surface area contributed by atoms with Gasteiger partial charge in [0.1, 0.15) is 24.1 Å². The molecule has 2 aliphatic rings. The van der Waals surface area contributed by atoms with E-state index in [9.17, 15) is 23.6 Å². The number of likely N-dealkylation sites (tertiary alicyclic amines) is 1. The molecule has 0 radical (unpaired) electrons. The lowest BCUT2D eigenvalue weighted by Gasteiger charge is -2.35. The maximum absolute atomic E-state index is 14.4. The number of hydrogen-bond acceptors (Lipinski definition) is 7. The van der Waals surface area contributed by atoms with Gasteiger partial charge in [-0.05, 0) is 62.5 Å². The third-order valence-corrected chi connectivity index (χ3v) is 8.80. The highest BCUT2D eigenvalue weighted by atomic mass is 32.1. The Hall–Kier alpha value is -3.34. The Bertz CT molecular complexity index is 1300. The van der Waals surface area contributed by atoms with Crippen LogP contribution in [0.5, 0.6) is 5.75 Å². The van der Waals surface area contributed by atoms with Crippen molar-refractivity contribution in [2.45, 2.75) is 96.9 Å². The average molecular weight is 601 g/mol. The van der Waals surface area contributed by atoms with Crippen molar-refractivity contribution in [2.24, 2.45) is 5.41 Å². The monoisotopic (exact) mass is 600 g/mol. The van der Waals surface area contributed by atoms with Crippen LogP contribution in [0.4, 0.5) is 4.39 Å². The molecule has 0 spiro atoms. The Morgan fingerprint density at radius 1 is 1.26 bits per heavy atom. The number of aldehydes is 1. The van der Waals surface area contributed by atoms with Crippen LogP contribution in [0.2, 0.25) is 0 Å². The molecule has 1 aliphatic carbocycles. The number of alkyl halides is 1. The van der Waals surface area contributed by atoms with Gasteiger partial charge in [-0.15, -0.1) is 11.3 Å². The second-order valence-electron chi connectivity index (χ2n) is 12.2. The Labute approximate surface area is 250 Å². The van der Waals surface area contributed by atoms with E-state index in [0.29, 0.717) is 38.2 Å². The van der Waals surface area contributed by atoms with Gasteiger partial charge in [0.05, 0.1) is 22.7 Å². The molecule has 3 amide bonds. The van der Waals surface area contributed by atoms with Gasteiger partial charge in [-0.3, -0.25) is 14.4 Å². The van der Waals surface area contributed by atoms with E-state index >= 15 is 0 Å². The molecule has 1 saturated heterocycles. The zero-order chi connectivity index (χ0) is 30.5. The number of nitrogens with zero attached hydrogens (tertiary/aromatic N) is 2. The zero-order valence-electron chi connectivity index (χ0n) is 24.8. The van der Waals surface area contributed by atoms with E-state index in [4.69, 9.17) is 4.74 Å². The second-order valence-corrected chi connectivity index (χ2v) is 13.1. The number of nitrogens with one attached hydrogen (secondary N) is 2. The first-order valence-corrected chi connectivity index (χ1v) is 15.5. The van der Waals surface area contributed by atoms with Gasteiger partial charge in [-0.2, -0.15) is 0 Å². The maximum Gasteiger partial charge on any atom is 0.258 e. The molecule has 42 heavy (non-hydrogen) atoms. The highest BCUT2D eigenvalue weighted by molar-refractivity contribution is 7.13. The number of aryl methyl sites for hydroxylation is 1. The van der Waals surface area contributed by atoms with Crippen LogP contribution in [0.3, 0.4) is 0 Å². The van der Waals surface area contributed by atoms with Crippen LogP contribution in [0.15, 0.2) is 23.7 Å². The average Bonchev–Trinajstić information content (AvgIpc) is 3.32. The fraction of sp³-hybridized carbons (Fsp3) is 0.581. The minimum absolute atomic E-state index is 0.161. The third-order valence-electron chi connectivity index (χ3n) is 7.82. The van der Waals surface area contributed by atoms with Crippen molar-refractivity contribution in [3.63, 3.8) is 0 Å². The molecule has 9 nitrogen and oxygen atoms in total. The van der Waals surface area contributed by atoms with E-state index in [0.717, 1.165) is 40.8 Å². The Morgan fingerprint density at radius 2 is 2.02 bits per heavy atom. The van der Waals surface area contributed by atoms with E-state index < -0.39 is 29.1 Å². The molecule has 2 heterocycles. The van der Waals surface area contributed by atoms with Crippen molar-refractivity contribution in [2.75, 3.05) is 13.2 Å². The number of carbonyl (C=O) groups is 4. The predicted octanol–water partition coefficient (Wildman–Crippen LogP) is 4.51. The molecule has 1 aromatic heterocycles. The lowest BCUT2D eigenvalue weighted by molar-refractivity contribution is -0.144. The topological polar surface area (TPSA) is 118 Å². The third kappa shape index (κ3) is 7.53. The second kappa shape index (κ2) is 13.3. The predicted molar refractivity (Wildman–Crippen MR) is 159 cm³/mol. The molecule has 2 N–H and O–H groups in total. The highest BCUT2D eigenvalue weighted by Crippen LogP contribution is 2.40. The SMILES string of the molecule is Cc1ncsc1-c1ccc(CNC(=O)[C@@H]2CCCN2C(=O)[C@@H](NC(=O)C2(F)CC2)C(C)(C)C)c(OCCCCC=O)c1. The van der Waals surface area contributed by atoms with Crippen LogP contribution >= 0.6 is 11.3 Å². The van der Waals surface area contributed by atoms with Crippen molar-refractivity contribution in [3.8, 4) is 16.2 Å². The summed E-state index contributed by atoms with van der Waals surface area (Å²) in [5, 5.41) is 5.62. The summed E-state index contributed by atoms with van der Waals surface area (Å²) in [6.07, 6.45) is 4.31. The highest BCUT2D eigenvalue weighted by Gasteiger charge is 2.53. The number of benzene rings is 1. The quantitative estimate of drug-likeness (QED) is 0.258. The van der Waals surface area contributed by atoms with Gasteiger partial charge in [-0.25, -0.2) is 9.37 Å². The van der Waals surface area contributed by atoms with E-state index in [-0.39, 0.29) is 31.2 Å². The molecule has 4 rings (SSSR count). The minimum Gasteiger partial charge on any atom is -0.493 e. The molecule has 2 fully saturated rings. The lowest BCUT2D eigenvalue weighted by atomic mass is 9.85. The summed E-state index contributed by atoms with van der Waals surface area (Å²) in [4.78, 5) is 57.1. The maximum atomic E-state index is 14.4. The van der Waals surface area contributed by atoms with Crippen LogP contribution in [0.25, 0.3) is 10.4 Å². The van der Waals surface area contributed by atoms with E-state index in [1.54, 1.807) is 16.8 Å². The number of carbonyl (C=O) groups excluding carboxylic acids is 4. The summed E-state index contributed by atoms with van der Waals surface area (Å²) in [7, 11) is 0. The molecule has 2 atom stereocenters. The number of rotatable bonds is 13. The number of aromatic nitrogens is 1. The summed E-state index contributed by atoms with van der Waals surface area (Å²) in [5.41, 5.74) is 1.92. The van der Waals surface area contributed by atoms with Gasteiger partial charge >= 0.3 is 0 Å². The number of ether oxygens (including phenoxy) is 1. The van der Waals surface area contributed by atoms with Crippen molar-refractivity contribution < 1.29 is 28.3 Å². The molecule has 228 valence electrons. The minimum atomic E-state index is -1.89. The number of hydrogen-bond donors (Lipinski definition) is 2. The van der Waals surface area contributed by atoms with Crippen molar-refractivity contribution in [1.29, 1.82) is 0 Å². The summed E-state index contributed by atoms with van der Waals surface area (Å²) in [6, 6.07) is 4.20. The first kappa shape index (κ1) is 31.6. The van der Waals surface area contributed by atoms with E-state index in [1.807, 2.05) is 45.9 Å². The molecule has 1 aliphatic heterocycles. The van der Waals surface area contributed by atoms with Gasteiger partial charge in [0.15, 0.2) is 5.67 Å². The van der Waals surface area contributed by atoms with Gasteiger partial charge in [-0.1, -0.05) is 32.9 Å². The molecule has 11 heteroatoms. The van der Waals surface area contributed by atoms with E-state index in [1.165, 1.54) is 4.90 Å². The number of amides is 3. The van der Waals surface area contributed by atoms with Gasteiger partial charge in [0, 0.05) is 25.1 Å². The zero-order valence-corrected chi connectivity index (χ0v) is 25.7. The molecule has 1 aromatic carbocycles.